The van der Waals surface area contributed by atoms with Crippen molar-refractivity contribution in [2.24, 2.45) is 24.5 Å². The van der Waals surface area contributed by atoms with Gasteiger partial charge in [-0.1, -0.05) is 30.3 Å². The number of allylic oxidation sites excluding steroid dienone is 1. The van der Waals surface area contributed by atoms with Crippen LogP contribution in [-0.2, 0) is 17.4 Å². The second-order valence-electron chi connectivity index (χ2n) is 10.8. The molecular formula is C29H38N6O2. The first-order chi connectivity index (χ1) is 17.6. The predicted molar refractivity (Wildman–Crippen MR) is 148 cm³/mol. The first-order valence-corrected chi connectivity index (χ1v) is 12.9. The maximum Gasteiger partial charge on any atom is 0.112 e. The number of nitrogens with two attached hydrogens (primary N) is 2. The van der Waals surface area contributed by atoms with Gasteiger partial charge in [0, 0.05) is 44.8 Å². The molecule has 5 rings (SSSR count). The van der Waals surface area contributed by atoms with Crippen LogP contribution in [0.4, 0.5) is 0 Å². The standard InChI is InChI=1S/C29H38N6O2/c1-18(30)26(34(5)31)21-15-22-25(32-17-21)28-23(16-24(33(28)4)29(2,3)36)35(22)27(19-9-7-6-8-10-19)20-11-13-37-14-12-20/h6-10,15-17,20,27,36H,11-14,30-31H2,1-5H3/b26-18-. The number of pyridine rings is 1. The summed E-state index contributed by atoms with van der Waals surface area (Å²) in [5, 5.41) is 12.5. The first kappa shape index (κ1) is 25.3. The molecule has 0 bridgehead atoms. The zero-order chi connectivity index (χ0) is 26.5. The number of hydrazine groups is 1. The highest BCUT2D eigenvalue weighted by Crippen LogP contribution is 2.42. The van der Waals surface area contributed by atoms with Crippen LogP contribution in [0.3, 0.4) is 0 Å². The molecule has 1 atom stereocenters. The quantitative estimate of drug-likeness (QED) is 0.269. The summed E-state index contributed by atoms with van der Waals surface area (Å²) in [4.78, 5) is 4.97. The second kappa shape index (κ2) is 9.52. The SMILES string of the molecule is C/C(N)=C(\c1cnc2c3c(cc(C(C)(C)O)n3C)n(C(c3ccccc3)C3CCOCC3)c2c1)N(C)N. The topological polar surface area (TPSA) is 107 Å². The maximum atomic E-state index is 11.0. The fourth-order valence-corrected chi connectivity index (χ4v) is 6.04. The van der Waals surface area contributed by atoms with Gasteiger partial charge in [-0.2, -0.15) is 0 Å². The van der Waals surface area contributed by atoms with E-state index in [1.165, 1.54) is 5.56 Å². The lowest BCUT2D eigenvalue weighted by Crippen LogP contribution is -2.27. The summed E-state index contributed by atoms with van der Waals surface area (Å²) in [6, 6.07) is 15.0. The lowest BCUT2D eigenvalue weighted by Gasteiger charge is -2.33. The summed E-state index contributed by atoms with van der Waals surface area (Å²) in [6.45, 7) is 7.00. The van der Waals surface area contributed by atoms with Gasteiger partial charge in [0.15, 0.2) is 0 Å². The molecule has 0 amide bonds. The molecule has 1 aliphatic heterocycles. The van der Waals surface area contributed by atoms with Crippen LogP contribution in [0, 0.1) is 5.92 Å². The third-order valence-corrected chi connectivity index (χ3v) is 7.58. The molecule has 5 N–H and O–H groups in total. The summed E-state index contributed by atoms with van der Waals surface area (Å²) >= 11 is 0. The van der Waals surface area contributed by atoms with E-state index in [2.05, 4.69) is 51.6 Å². The molecular weight excluding hydrogens is 464 g/mol. The minimum Gasteiger partial charge on any atom is -0.401 e. The fraction of sp³-hybridized carbons (Fsp3) is 0.414. The van der Waals surface area contributed by atoms with E-state index in [0.29, 0.717) is 11.6 Å². The molecule has 1 saturated heterocycles. The summed E-state index contributed by atoms with van der Waals surface area (Å²) in [5.74, 6) is 6.56. The maximum absolute atomic E-state index is 11.0. The molecule has 0 spiro atoms. The van der Waals surface area contributed by atoms with Gasteiger partial charge in [-0.3, -0.25) is 4.98 Å². The fourth-order valence-electron chi connectivity index (χ4n) is 6.04. The van der Waals surface area contributed by atoms with E-state index in [1.807, 2.05) is 34.0 Å². The Bertz CT molecular complexity index is 1450. The molecule has 0 radical (unpaired) electrons. The van der Waals surface area contributed by atoms with Gasteiger partial charge in [-0.25, -0.2) is 5.84 Å². The summed E-state index contributed by atoms with van der Waals surface area (Å²) in [6.07, 6.45) is 3.78. The number of hydrogen-bond donors (Lipinski definition) is 3. The Morgan fingerprint density at radius 1 is 1.16 bits per heavy atom. The summed E-state index contributed by atoms with van der Waals surface area (Å²) < 4.78 is 10.2. The predicted octanol–water partition coefficient (Wildman–Crippen LogP) is 4.22. The number of nitrogens with zero attached hydrogens (tertiary/aromatic N) is 4. The van der Waals surface area contributed by atoms with Crippen molar-refractivity contribution >= 4 is 27.8 Å². The van der Waals surface area contributed by atoms with Crippen LogP contribution in [0.25, 0.3) is 27.8 Å². The van der Waals surface area contributed by atoms with Crippen LogP contribution in [-0.4, -0.2) is 44.5 Å². The van der Waals surface area contributed by atoms with Crippen molar-refractivity contribution in [2.75, 3.05) is 20.3 Å². The van der Waals surface area contributed by atoms with E-state index < -0.39 is 5.60 Å². The van der Waals surface area contributed by atoms with E-state index in [0.717, 1.165) is 65.1 Å². The van der Waals surface area contributed by atoms with Crippen molar-refractivity contribution in [3.63, 3.8) is 0 Å². The Labute approximate surface area is 218 Å². The van der Waals surface area contributed by atoms with Gasteiger partial charge in [0.25, 0.3) is 0 Å². The molecule has 196 valence electrons. The Morgan fingerprint density at radius 2 is 1.84 bits per heavy atom. The minimum atomic E-state index is -0.999. The average molecular weight is 503 g/mol. The Hall–Kier alpha value is -3.33. The molecule has 0 saturated carbocycles. The number of aryl methyl sites for hydroxylation is 1. The van der Waals surface area contributed by atoms with Gasteiger partial charge in [0.05, 0.1) is 39.6 Å². The number of hydrogen-bond acceptors (Lipinski definition) is 6. The van der Waals surface area contributed by atoms with Crippen molar-refractivity contribution in [1.29, 1.82) is 0 Å². The molecule has 4 heterocycles. The average Bonchev–Trinajstić information content (AvgIpc) is 3.35. The third-order valence-electron chi connectivity index (χ3n) is 7.58. The molecule has 4 aromatic rings. The lowest BCUT2D eigenvalue weighted by atomic mass is 9.86. The molecule has 0 aliphatic carbocycles. The van der Waals surface area contributed by atoms with Crippen molar-refractivity contribution in [3.8, 4) is 0 Å². The Balaban J connectivity index is 1.88. The van der Waals surface area contributed by atoms with Crippen molar-refractivity contribution in [2.45, 2.75) is 45.3 Å². The van der Waals surface area contributed by atoms with Crippen molar-refractivity contribution in [1.82, 2.24) is 19.1 Å². The Kier molecular flexibility index (Phi) is 6.52. The van der Waals surface area contributed by atoms with E-state index in [4.69, 9.17) is 21.3 Å². The van der Waals surface area contributed by atoms with Crippen LogP contribution in [0.15, 0.2) is 54.4 Å². The van der Waals surface area contributed by atoms with Crippen molar-refractivity contribution < 1.29 is 9.84 Å². The normalized spacial score (nSPS) is 16.8. The highest BCUT2D eigenvalue weighted by atomic mass is 16.5. The monoisotopic (exact) mass is 502 g/mol. The van der Waals surface area contributed by atoms with Crippen LogP contribution >= 0.6 is 0 Å². The second-order valence-corrected chi connectivity index (χ2v) is 10.8. The molecule has 1 unspecified atom stereocenters. The highest BCUT2D eigenvalue weighted by Gasteiger charge is 2.33. The zero-order valence-electron chi connectivity index (χ0n) is 22.4. The molecule has 8 heteroatoms. The van der Waals surface area contributed by atoms with E-state index >= 15 is 0 Å². The van der Waals surface area contributed by atoms with Gasteiger partial charge in [0.2, 0.25) is 0 Å². The zero-order valence-corrected chi connectivity index (χ0v) is 22.4. The summed E-state index contributed by atoms with van der Waals surface area (Å²) in [7, 11) is 3.79. The molecule has 1 fully saturated rings. The van der Waals surface area contributed by atoms with Crippen LogP contribution in [0.5, 0.6) is 0 Å². The van der Waals surface area contributed by atoms with Crippen LogP contribution < -0.4 is 11.6 Å². The minimum absolute atomic E-state index is 0.0706. The van der Waals surface area contributed by atoms with E-state index in [-0.39, 0.29) is 6.04 Å². The van der Waals surface area contributed by atoms with E-state index in [9.17, 15) is 5.11 Å². The molecule has 1 aromatic carbocycles. The number of aliphatic hydroxyl groups is 1. The lowest BCUT2D eigenvalue weighted by molar-refractivity contribution is 0.0552. The summed E-state index contributed by atoms with van der Waals surface area (Å²) in [5.41, 5.74) is 13.5. The van der Waals surface area contributed by atoms with Crippen molar-refractivity contribution in [3.05, 3.63) is 71.2 Å². The number of ether oxygens (including phenoxy) is 1. The largest absolute Gasteiger partial charge is 0.401 e. The van der Waals surface area contributed by atoms with Gasteiger partial charge >= 0.3 is 0 Å². The van der Waals surface area contributed by atoms with Gasteiger partial charge in [-0.05, 0) is 57.2 Å². The highest BCUT2D eigenvalue weighted by molar-refractivity contribution is 6.05. The van der Waals surface area contributed by atoms with Gasteiger partial charge < -0.3 is 29.7 Å². The Morgan fingerprint density at radius 3 is 2.43 bits per heavy atom. The number of aromatic nitrogens is 3. The van der Waals surface area contributed by atoms with Gasteiger partial charge in [-0.15, -0.1) is 0 Å². The molecule has 3 aromatic heterocycles. The number of fused-ring (bicyclic) bond motifs is 3. The van der Waals surface area contributed by atoms with Crippen LogP contribution in [0.2, 0.25) is 0 Å². The molecule has 8 nitrogen and oxygen atoms in total. The smallest absolute Gasteiger partial charge is 0.112 e. The first-order valence-electron chi connectivity index (χ1n) is 12.9. The molecule has 37 heavy (non-hydrogen) atoms. The van der Waals surface area contributed by atoms with Gasteiger partial charge in [0.1, 0.15) is 5.52 Å². The third kappa shape index (κ3) is 4.39. The number of rotatable bonds is 6. The van der Waals surface area contributed by atoms with E-state index in [1.54, 1.807) is 12.1 Å². The number of benzene rings is 1. The van der Waals surface area contributed by atoms with Crippen LogP contribution in [0.1, 0.15) is 56.5 Å². The molecule has 1 aliphatic rings.